The van der Waals surface area contributed by atoms with E-state index in [2.05, 4.69) is 0 Å². The van der Waals surface area contributed by atoms with Crippen molar-refractivity contribution in [3.05, 3.63) is 94.0 Å². The second kappa shape index (κ2) is 9.92. The highest BCUT2D eigenvalue weighted by Gasteiger charge is 2.40. The van der Waals surface area contributed by atoms with E-state index in [1.807, 2.05) is 43.3 Å². The normalized spacial score (nSPS) is 16.5. The number of hydrogen-bond donors (Lipinski definition) is 0. The van der Waals surface area contributed by atoms with E-state index in [9.17, 15) is 21.6 Å². The van der Waals surface area contributed by atoms with Gasteiger partial charge in [0, 0.05) is 19.2 Å². The Morgan fingerprint density at radius 1 is 0.889 bits per heavy atom. The van der Waals surface area contributed by atoms with Crippen LogP contribution in [0, 0.1) is 20.8 Å². The molecule has 1 atom stereocenters. The second-order valence-electron chi connectivity index (χ2n) is 9.65. The van der Waals surface area contributed by atoms with E-state index in [1.54, 1.807) is 32.0 Å². The lowest BCUT2D eigenvalue weighted by Crippen LogP contribution is -2.48. The number of hydrogen-bond acceptors (Lipinski definition) is 5. The molecule has 3 aromatic rings. The summed E-state index contributed by atoms with van der Waals surface area (Å²) in [7, 11) is -7.31. The molecular weight excluding hydrogens is 494 g/mol. The molecule has 8 heteroatoms. The molecule has 4 rings (SSSR count). The van der Waals surface area contributed by atoms with Crippen LogP contribution in [0.15, 0.2) is 70.5 Å². The Kier molecular flexibility index (Phi) is 7.23. The maximum Gasteiger partial charge on any atom is 0.244 e. The number of carbonyl (C=O) groups is 1. The van der Waals surface area contributed by atoms with E-state index in [0.29, 0.717) is 24.0 Å². The van der Waals surface area contributed by atoms with Crippen molar-refractivity contribution in [3.8, 4) is 0 Å². The van der Waals surface area contributed by atoms with E-state index in [-0.39, 0.29) is 28.5 Å². The molecule has 1 unspecified atom stereocenters. The Balaban J connectivity index is 1.68. The predicted molar refractivity (Wildman–Crippen MR) is 140 cm³/mol. The topological polar surface area (TPSA) is 88.6 Å². The molecule has 36 heavy (non-hydrogen) atoms. The van der Waals surface area contributed by atoms with Crippen molar-refractivity contribution in [1.29, 1.82) is 0 Å². The number of fused-ring (bicyclic) bond motifs is 1. The molecule has 1 heterocycles. The minimum Gasteiger partial charge on any atom is -0.298 e. The van der Waals surface area contributed by atoms with Gasteiger partial charge in [-0.05, 0) is 73.6 Å². The fourth-order valence-corrected chi connectivity index (χ4v) is 7.78. The zero-order chi connectivity index (χ0) is 26.3. The van der Waals surface area contributed by atoms with Crippen molar-refractivity contribution in [3.63, 3.8) is 0 Å². The van der Waals surface area contributed by atoms with Gasteiger partial charge in [-0.15, -0.1) is 0 Å². The van der Waals surface area contributed by atoms with Crippen LogP contribution in [0.25, 0.3) is 0 Å². The minimum atomic E-state index is -3.95. The third-order valence-electron chi connectivity index (χ3n) is 6.74. The Morgan fingerprint density at radius 2 is 1.53 bits per heavy atom. The maximum atomic E-state index is 14.0. The number of Topliss-reactive ketones (excluding diaryl/α,β-unsaturated/α-hetero) is 1. The standard InChI is InChI=1S/C28H31NO5S2/c1-19-14-20(2)28(21(3)15-19)36(33,34)29-18-24-10-6-5-9-23(24)17-26(29)27(30)13-12-22-8-7-11-25(16-22)35(4,31)32/h5-11,14-16,26H,12-13,17-18H2,1-4H3. The number of ketones is 1. The Labute approximate surface area is 213 Å². The molecule has 1 aliphatic heterocycles. The van der Waals surface area contributed by atoms with Crippen LogP contribution in [0.1, 0.15) is 39.8 Å². The molecule has 0 bridgehead atoms. The van der Waals surface area contributed by atoms with Crippen LogP contribution in [-0.2, 0) is 44.0 Å². The van der Waals surface area contributed by atoms with Gasteiger partial charge in [-0.1, -0.05) is 54.1 Å². The lowest BCUT2D eigenvalue weighted by Gasteiger charge is -2.36. The van der Waals surface area contributed by atoms with Crippen molar-refractivity contribution in [2.45, 2.75) is 62.4 Å². The fraction of sp³-hybridized carbons (Fsp3) is 0.321. The molecule has 0 N–H and O–H groups in total. The summed E-state index contributed by atoms with van der Waals surface area (Å²) in [6, 6.07) is 17.0. The van der Waals surface area contributed by atoms with Crippen molar-refractivity contribution in [1.82, 2.24) is 4.31 Å². The van der Waals surface area contributed by atoms with Gasteiger partial charge in [-0.2, -0.15) is 4.31 Å². The van der Waals surface area contributed by atoms with Crippen LogP contribution in [0.2, 0.25) is 0 Å². The van der Waals surface area contributed by atoms with Gasteiger partial charge < -0.3 is 0 Å². The average molecular weight is 526 g/mol. The molecule has 6 nitrogen and oxygen atoms in total. The molecule has 1 aliphatic rings. The second-order valence-corrected chi connectivity index (χ2v) is 13.5. The minimum absolute atomic E-state index is 0.109. The number of aryl methyl sites for hydroxylation is 4. The van der Waals surface area contributed by atoms with Crippen LogP contribution in [0.5, 0.6) is 0 Å². The van der Waals surface area contributed by atoms with Crippen LogP contribution >= 0.6 is 0 Å². The smallest absolute Gasteiger partial charge is 0.244 e. The zero-order valence-electron chi connectivity index (χ0n) is 21.0. The molecule has 0 aliphatic carbocycles. The average Bonchev–Trinajstić information content (AvgIpc) is 2.80. The Bertz CT molecular complexity index is 1520. The van der Waals surface area contributed by atoms with Crippen LogP contribution in [0.3, 0.4) is 0 Å². The van der Waals surface area contributed by atoms with Gasteiger partial charge in [0.15, 0.2) is 15.6 Å². The van der Waals surface area contributed by atoms with Crippen LogP contribution < -0.4 is 0 Å². The van der Waals surface area contributed by atoms with E-state index in [4.69, 9.17) is 0 Å². The number of benzene rings is 3. The summed E-state index contributed by atoms with van der Waals surface area (Å²) in [4.78, 5) is 14.0. The quantitative estimate of drug-likeness (QED) is 0.458. The van der Waals surface area contributed by atoms with E-state index in [1.165, 1.54) is 10.4 Å². The SMILES string of the molecule is Cc1cc(C)c(S(=O)(=O)N2Cc3ccccc3CC2C(=O)CCc2cccc(S(C)(=O)=O)c2)c(C)c1. The summed E-state index contributed by atoms with van der Waals surface area (Å²) < 4.78 is 53.2. The summed E-state index contributed by atoms with van der Waals surface area (Å²) in [5.74, 6) is -0.180. The highest BCUT2D eigenvalue weighted by atomic mass is 32.2. The highest BCUT2D eigenvalue weighted by molar-refractivity contribution is 7.90. The lowest BCUT2D eigenvalue weighted by molar-refractivity contribution is -0.123. The van der Waals surface area contributed by atoms with Crippen molar-refractivity contribution in [2.75, 3.05) is 6.26 Å². The monoisotopic (exact) mass is 525 g/mol. The zero-order valence-corrected chi connectivity index (χ0v) is 22.6. The first kappa shape index (κ1) is 26.3. The van der Waals surface area contributed by atoms with Crippen LogP contribution in [-0.4, -0.2) is 39.2 Å². The Morgan fingerprint density at radius 3 is 2.17 bits per heavy atom. The number of carbonyl (C=O) groups excluding carboxylic acids is 1. The molecule has 0 aromatic heterocycles. The fourth-order valence-electron chi connectivity index (χ4n) is 5.08. The number of rotatable bonds is 7. The number of sulfonamides is 1. The van der Waals surface area contributed by atoms with Crippen molar-refractivity contribution >= 4 is 25.6 Å². The number of sulfone groups is 1. The first-order valence-electron chi connectivity index (χ1n) is 11.9. The van der Waals surface area contributed by atoms with Gasteiger partial charge in [0.2, 0.25) is 10.0 Å². The molecule has 3 aromatic carbocycles. The van der Waals surface area contributed by atoms with Crippen molar-refractivity contribution < 1.29 is 21.6 Å². The van der Waals surface area contributed by atoms with Gasteiger partial charge in [0.05, 0.1) is 15.8 Å². The van der Waals surface area contributed by atoms with Gasteiger partial charge in [0.25, 0.3) is 0 Å². The lowest BCUT2D eigenvalue weighted by atomic mass is 9.91. The summed E-state index contributed by atoms with van der Waals surface area (Å²) >= 11 is 0. The first-order chi connectivity index (χ1) is 16.9. The molecule has 0 fully saturated rings. The van der Waals surface area contributed by atoms with Gasteiger partial charge in [-0.25, -0.2) is 16.8 Å². The maximum absolute atomic E-state index is 14.0. The molecule has 0 saturated carbocycles. The van der Waals surface area contributed by atoms with E-state index < -0.39 is 25.9 Å². The summed E-state index contributed by atoms with van der Waals surface area (Å²) in [5.41, 5.74) is 4.90. The third kappa shape index (κ3) is 5.31. The molecular formula is C28H31NO5S2. The molecule has 0 saturated heterocycles. The Hall–Kier alpha value is -2.81. The van der Waals surface area contributed by atoms with Crippen molar-refractivity contribution in [2.24, 2.45) is 0 Å². The van der Waals surface area contributed by atoms with Gasteiger partial charge in [-0.3, -0.25) is 4.79 Å². The molecule has 190 valence electrons. The van der Waals surface area contributed by atoms with Crippen LogP contribution in [0.4, 0.5) is 0 Å². The molecule has 0 radical (unpaired) electrons. The van der Waals surface area contributed by atoms with E-state index in [0.717, 1.165) is 28.5 Å². The largest absolute Gasteiger partial charge is 0.298 e. The molecule has 0 spiro atoms. The number of nitrogens with zero attached hydrogens (tertiary/aromatic N) is 1. The van der Waals surface area contributed by atoms with E-state index >= 15 is 0 Å². The van der Waals surface area contributed by atoms with Gasteiger partial charge >= 0.3 is 0 Å². The summed E-state index contributed by atoms with van der Waals surface area (Å²) in [5, 5.41) is 0. The third-order valence-corrected chi connectivity index (χ3v) is 10.0. The highest BCUT2D eigenvalue weighted by Crippen LogP contribution is 2.33. The molecule has 0 amide bonds. The predicted octanol–water partition coefficient (Wildman–Crippen LogP) is 4.33. The van der Waals surface area contributed by atoms with Gasteiger partial charge in [0.1, 0.15) is 0 Å². The summed E-state index contributed by atoms with van der Waals surface area (Å²) in [6.45, 7) is 5.64. The summed E-state index contributed by atoms with van der Waals surface area (Å²) in [6.07, 6.45) is 1.89. The first-order valence-corrected chi connectivity index (χ1v) is 15.2.